The van der Waals surface area contributed by atoms with E-state index in [1.807, 2.05) is 62.4 Å². The highest BCUT2D eigenvalue weighted by Crippen LogP contribution is 2.36. The number of carbonyl (C=O) groups excluding carboxylic acids is 2. The second-order valence-corrected chi connectivity index (χ2v) is 10.7. The summed E-state index contributed by atoms with van der Waals surface area (Å²) in [6.07, 6.45) is 6.17. The summed E-state index contributed by atoms with van der Waals surface area (Å²) in [5.74, 6) is 0.561. The summed E-state index contributed by atoms with van der Waals surface area (Å²) in [5, 5.41) is 3.35. The van der Waals surface area contributed by atoms with Crippen LogP contribution in [0.15, 0.2) is 42.1 Å². The maximum absolute atomic E-state index is 13.4. The lowest BCUT2D eigenvalue weighted by Gasteiger charge is -2.47. The summed E-state index contributed by atoms with van der Waals surface area (Å²) in [4.78, 5) is 34.8. The van der Waals surface area contributed by atoms with Gasteiger partial charge in [0.15, 0.2) is 5.78 Å². The van der Waals surface area contributed by atoms with E-state index in [0.29, 0.717) is 31.5 Å². The molecule has 0 bridgehead atoms. The number of Topliss-reactive ketones (excluding diaryl/α,β-unsaturated/α-hetero) is 1. The Morgan fingerprint density at radius 1 is 1.09 bits per heavy atom. The predicted octanol–water partition coefficient (Wildman–Crippen LogP) is 3.08. The largest absolute Gasteiger partial charge is 0.383 e. The summed E-state index contributed by atoms with van der Waals surface area (Å²) >= 11 is 0. The highest BCUT2D eigenvalue weighted by molar-refractivity contribution is 5.96. The van der Waals surface area contributed by atoms with Gasteiger partial charge in [0.25, 0.3) is 0 Å². The highest BCUT2D eigenvalue weighted by atomic mass is 16.2. The van der Waals surface area contributed by atoms with E-state index in [-0.39, 0.29) is 17.9 Å². The molecule has 3 atom stereocenters. The van der Waals surface area contributed by atoms with Crippen LogP contribution in [-0.4, -0.2) is 104 Å². The van der Waals surface area contributed by atoms with E-state index in [9.17, 15) is 9.59 Å². The van der Waals surface area contributed by atoms with E-state index in [1.54, 1.807) is 0 Å². The second-order valence-electron chi connectivity index (χ2n) is 10.7. The third-order valence-corrected chi connectivity index (χ3v) is 7.16. The van der Waals surface area contributed by atoms with Crippen molar-refractivity contribution in [2.75, 3.05) is 60.9 Å². The van der Waals surface area contributed by atoms with Crippen LogP contribution in [0.5, 0.6) is 0 Å². The molecule has 35 heavy (non-hydrogen) atoms. The number of hydrogen-bond donors (Lipinski definition) is 1. The molecular weight excluding hydrogens is 438 g/mol. The van der Waals surface area contributed by atoms with E-state index in [2.05, 4.69) is 34.2 Å². The van der Waals surface area contributed by atoms with Crippen molar-refractivity contribution in [1.82, 2.24) is 24.9 Å². The van der Waals surface area contributed by atoms with Crippen LogP contribution in [0.1, 0.15) is 38.2 Å². The summed E-state index contributed by atoms with van der Waals surface area (Å²) in [6.45, 7) is 6.27. The van der Waals surface area contributed by atoms with E-state index in [0.717, 1.165) is 50.9 Å². The fraction of sp³-hybridized carbons (Fsp3) is 0.643. The number of hydrogen-bond acceptors (Lipinski definition) is 5. The van der Waals surface area contributed by atoms with Crippen molar-refractivity contribution in [3.8, 4) is 0 Å². The summed E-state index contributed by atoms with van der Waals surface area (Å²) < 4.78 is 0. The quantitative estimate of drug-likeness (QED) is 0.519. The number of carbonyl (C=O) groups is 2. The second kappa shape index (κ2) is 13.1. The fourth-order valence-electron chi connectivity index (χ4n) is 5.43. The molecule has 194 valence electrons. The minimum atomic E-state index is 0.0120. The zero-order chi connectivity index (χ0) is 25.4. The minimum absolute atomic E-state index is 0.0120. The van der Waals surface area contributed by atoms with Crippen LogP contribution in [-0.2, 0) is 11.2 Å². The fourth-order valence-corrected chi connectivity index (χ4v) is 5.43. The van der Waals surface area contributed by atoms with Crippen molar-refractivity contribution in [2.45, 2.75) is 51.1 Å². The van der Waals surface area contributed by atoms with Gasteiger partial charge in [-0.15, -0.1) is 0 Å². The standard InChI is InChI=1S/C28H45N5O2/c1-6-13-33-21-25(17-23-19-27(34)24(18-26(23)33)20-31(4)5)29-28(35)32(16-15-30(2)3)14-12-22-10-8-7-9-11-22/h7-11,20,23,25-26H,6,12-19,21H2,1-5H3,(H,29,35)/t23-,25+,26-/m1/s1. The Labute approximate surface area is 212 Å². The molecular formula is C28H45N5O2. The lowest BCUT2D eigenvalue weighted by atomic mass is 9.74. The summed E-state index contributed by atoms with van der Waals surface area (Å²) in [5.41, 5.74) is 2.18. The van der Waals surface area contributed by atoms with E-state index >= 15 is 0 Å². The Hall–Kier alpha value is -2.38. The van der Waals surface area contributed by atoms with Crippen molar-refractivity contribution < 1.29 is 9.59 Å². The van der Waals surface area contributed by atoms with Crippen LogP contribution in [0.3, 0.4) is 0 Å². The number of fused-ring (bicyclic) bond motifs is 1. The average Bonchev–Trinajstić information content (AvgIpc) is 2.80. The van der Waals surface area contributed by atoms with Gasteiger partial charge in [0.2, 0.25) is 0 Å². The van der Waals surface area contributed by atoms with Crippen LogP contribution >= 0.6 is 0 Å². The lowest BCUT2D eigenvalue weighted by Crippen LogP contribution is -2.59. The van der Waals surface area contributed by atoms with E-state index in [1.165, 1.54) is 5.56 Å². The van der Waals surface area contributed by atoms with Gasteiger partial charge < -0.3 is 20.0 Å². The lowest BCUT2D eigenvalue weighted by molar-refractivity contribution is -0.119. The maximum atomic E-state index is 13.4. The van der Waals surface area contributed by atoms with Crippen molar-refractivity contribution in [1.29, 1.82) is 0 Å². The molecule has 1 aromatic carbocycles. The maximum Gasteiger partial charge on any atom is 0.317 e. The van der Waals surface area contributed by atoms with Crippen molar-refractivity contribution >= 4 is 11.8 Å². The first-order valence-corrected chi connectivity index (χ1v) is 13.1. The van der Waals surface area contributed by atoms with Gasteiger partial charge in [-0.2, -0.15) is 0 Å². The molecule has 1 saturated carbocycles. The van der Waals surface area contributed by atoms with Crippen molar-refractivity contribution in [3.63, 3.8) is 0 Å². The van der Waals surface area contributed by atoms with Gasteiger partial charge in [0, 0.05) is 70.6 Å². The molecule has 0 unspecified atom stereocenters. The zero-order valence-electron chi connectivity index (χ0n) is 22.4. The first kappa shape index (κ1) is 27.2. The number of nitrogens with zero attached hydrogens (tertiary/aromatic N) is 4. The van der Waals surface area contributed by atoms with Gasteiger partial charge in [0.1, 0.15) is 0 Å². The number of piperidine rings is 1. The Bertz CT molecular complexity index is 854. The van der Waals surface area contributed by atoms with Gasteiger partial charge in [-0.3, -0.25) is 9.69 Å². The molecule has 1 saturated heterocycles. The van der Waals surface area contributed by atoms with Crippen LogP contribution in [0, 0.1) is 5.92 Å². The SMILES string of the molecule is CCCN1C[C@@H](NC(=O)N(CCc2ccccc2)CCN(C)C)C[C@@H]2CC(=O)C(=CN(C)C)C[C@H]21. The molecule has 1 aromatic rings. The third kappa shape index (κ3) is 8.07. The minimum Gasteiger partial charge on any atom is -0.383 e. The van der Waals surface area contributed by atoms with Gasteiger partial charge in [-0.05, 0) is 57.8 Å². The Morgan fingerprint density at radius 3 is 2.49 bits per heavy atom. The Kier molecular flexibility index (Phi) is 10.2. The van der Waals surface area contributed by atoms with Gasteiger partial charge in [-0.25, -0.2) is 4.79 Å². The molecule has 0 aromatic heterocycles. The number of amides is 2. The number of likely N-dealkylation sites (N-methyl/N-ethyl adjacent to an activating group) is 1. The van der Waals surface area contributed by atoms with Crippen molar-refractivity contribution in [3.05, 3.63) is 47.7 Å². The molecule has 1 heterocycles. The number of benzene rings is 1. The highest BCUT2D eigenvalue weighted by Gasteiger charge is 2.41. The van der Waals surface area contributed by atoms with Crippen LogP contribution in [0.2, 0.25) is 0 Å². The van der Waals surface area contributed by atoms with Crippen LogP contribution in [0.25, 0.3) is 0 Å². The topological polar surface area (TPSA) is 59.1 Å². The smallest absolute Gasteiger partial charge is 0.317 e. The number of urea groups is 1. The molecule has 1 aliphatic heterocycles. The van der Waals surface area contributed by atoms with Gasteiger partial charge >= 0.3 is 6.03 Å². The van der Waals surface area contributed by atoms with Gasteiger partial charge in [-0.1, -0.05) is 37.3 Å². The van der Waals surface area contributed by atoms with Crippen molar-refractivity contribution in [2.24, 2.45) is 5.92 Å². The Morgan fingerprint density at radius 2 is 1.83 bits per heavy atom. The Balaban J connectivity index is 1.66. The average molecular weight is 484 g/mol. The monoisotopic (exact) mass is 483 g/mol. The first-order valence-electron chi connectivity index (χ1n) is 13.1. The molecule has 7 heteroatoms. The molecule has 2 aliphatic rings. The van der Waals surface area contributed by atoms with Crippen LogP contribution in [0.4, 0.5) is 4.79 Å². The third-order valence-electron chi connectivity index (χ3n) is 7.16. The zero-order valence-corrected chi connectivity index (χ0v) is 22.4. The number of likely N-dealkylation sites (tertiary alicyclic amines) is 1. The molecule has 2 fully saturated rings. The normalized spacial score (nSPS) is 23.9. The first-order chi connectivity index (χ1) is 16.8. The van der Waals surface area contributed by atoms with Gasteiger partial charge in [0.05, 0.1) is 0 Å². The molecule has 0 radical (unpaired) electrons. The predicted molar refractivity (Wildman–Crippen MR) is 142 cm³/mol. The molecule has 3 rings (SSSR count). The summed E-state index contributed by atoms with van der Waals surface area (Å²) in [7, 11) is 8.03. The molecule has 0 spiro atoms. The molecule has 2 amide bonds. The molecule has 7 nitrogen and oxygen atoms in total. The van der Waals surface area contributed by atoms with Crippen LogP contribution < -0.4 is 5.32 Å². The molecule has 1 aliphatic carbocycles. The number of nitrogens with one attached hydrogen (secondary N) is 1. The van der Waals surface area contributed by atoms with E-state index in [4.69, 9.17) is 0 Å². The number of ketones is 1. The number of rotatable bonds is 10. The molecule has 1 N–H and O–H groups in total. The van der Waals surface area contributed by atoms with E-state index < -0.39 is 0 Å². The summed E-state index contributed by atoms with van der Waals surface area (Å²) in [6, 6.07) is 10.8.